The standard InChI is InChI=1S/C27H26ClF2N3O4S/c28-21-10-5-4-7-18(21)14-15-31-26(34)23-11-6-16-33(23)27(35)25(19-8-2-1-3-9-19)32-38(36,37)24-13-12-20(29)17-22(24)30/h1-5,7-10,12-13,17,23,25,32H,6,11,14-16H2,(H,31,34)/t23-,25-/m0/s1. The van der Waals surface area contributed by atoms with E-state index >= 15 is 0 Å². The normalized spacial score (nSPS) is 16.3. The SMILES string of the molecule is O=C(NCCc1ccccc1Cl)[C@@H]1CCCN1C(=O)[C@@H](NS(=O)(=O)c1ccc(F)cc1F)c1ccccc1. The fourth-order valence-electron chi connectivity index (χ4n) is 4.43. The number of rotatable bonds is 9. The van der Waals surface area contributed by atoms with Crippen molar-refractivity contribution in [2.24, 2.45) is 0 Å². The van der Waals surface area contributed by atoms with Crippen LogP contribution in [0.5, 0.6) is 0 Å². The van der Waals surface area contributed by atoms with E-state index < -0.39 is 44.5 Å². The molecule has 4 rings (SSSR count). The summed E-state index contributed by atoms with van der Waals surface area (Å²) < 4.78 is 56.0. The van der Waals surface area contributed by atoms with E-state index in [-0.39, 0.29) is 12.5 Å². The third kappa shape index (κ3) is 6.38. The number of hydrogen-bond acceptors (Lipinski definition) is 4. The molecular weight excluding hydrogens is 536 g/mol. The second-order valence-electron chi connectivity index (χ2n) is 8.86. The van der Waals surface area contributed by atoms with Gasteiger partial charge in [0, 0.05) is 24.2 Å². The molecule has 1 saturated heterocycles. The molecule has 1 aliphatic rings. The van der Waals surface area contributed by atoms with Crippen LogP contribution >= 0.6 is 11.6 Å². The average Bonchev–Trinajstić information content (AvgIpc) is 3.38. The summed E-state index contributed by atoms with van der Waals surface area (Å²) in [5, 5.41) is 3.43. The molecule has 0 spiro atoms. The van der Waals surface area contributed by atoms with Gasteiger partial charge in [0.2, 0.25) is 21.8 Å². The van der Waals surface area contributed by atoms with Crippen LogP contribution in [0.15, 0.2) is 77.7 Å². The minimum atomic E-state index is -4.57. The van der Waals surface area contributed by atoms with Gasteiger partial charge in [0.15, 0.2) is 0 Å². The maximum Gasteiger partial charge on any atom is 0.245 e. The van der Waals surface area contributed by atoms with Gasteiger partial charge in [-0.2, -0.15) is 4.72 Å². The van der Waals surface area contributed by atoms with Crippen LogP contribution in [-0.2, 0) is 26.0 Å². The van der Waals surface area contributed by atoms with Gasteiger partial charge >= 0.3 is 0 Å². The van der Waals surface area contributed by atoms with Crippen molar-refractivity contribution >= 4 is 33.4 Å². The Morgan fingerprint density at radius 1 is 1.03 bits per heavy atom. The summed E-state index contributed by atoms with van der Waals surface area (Å²) in [6, 6.07) is 15.2. The fourth-order valence-corrected chi connectivity index (χ4v) is 5.89. The molecular formula is C27H26ClF2N3O4S. The maximum absolute atomic E-state index is 14.3. The average molecular weight is 562 g/mol. The zero-order valence-corrected chi connectivity index (χ0v) is 21.8. The molecule has 7 nitrogen and oxygen atoms in total. The van der Waals surface area contributed by atoms with E-state index in [1.165, 1.54) is 4.90 Å². The lowest BCUT2D eigenvalue weighted by atomic mass is 10.1. The Balaban J connectivity index is 1.53. The minimum absolute atomic E-state index is 0.247. The number of carbonyl (C=O) groups excluding carboxylic acids is 2. The van der Waals surface area contributed by atoms with Gasteiger partial charge in [0.25, 0.3) is 0 Å². The fraction of sp³-hybridized carbons (Fsp3) is 0.259. The Hall–Kier alpha value is -3.34. The lowest BCUT2D eigenvalue weighted by Gasteiger charge is -2.29. The molecule has 0 aromatic heterocycles. The summed E-state index contributed by atoms with van der Waals surface area (Å²) in [6.07, 6.45) is 1.46. The molecule has 2 amide bonds. The molecule has 1 aliphatic heterocycles. The highest BCUT2D eigenvalue weighted by Gasteiger charge is 2.39. The highest BCUT2D eigenvalue weighted by molar-refractivity contribution is 7.89. The van der Waals surface area contributed by atoms with E-state index in [0.29, 0.717) is 42.5 Å². The number of halogens is 3. The first-order chi connectivity index (χ1) is 18.2. The molecule has 1 heterocycles. The van der Waals surface area contributed by atoms with Crippen molar-refractivity contribution in [1.29, 1.82) is 0 Å². The molecule has 200 valence electrons. The van der Waals surface area contributed by atoms with Crippen molar-refractivity contribution in [1.82, 2.24) is 14.9 Å². The number of sulfonamides is 1. The molecule has 0 unspecified atom stereocenters. The summed E-state index contributed by atoms with van der Waals surface area (Å²) in [7, 11) is -4.57. The zero-order chi connectivity index (χ0) is 27.3. The van der Waals surface area contributed by atoms with Crippen LogP contribution in [0.2, 0.25) is 5.02 Å². The zero-order valence-electron chi connectivity index (χ0n) is 20.2. The summed E-state index contributed by atoms with van der Waals surface area (Å²) in [5.74, 6) is -3.22. The van der Waals surface area contributed by atoms with Crippen molar-refractivity contribution in [3.8, 4) is 0 Å². The van der Waals surface area contributed by atoms with Crippen molar-refractivity contribution < 1.29 is 26.8 Å². The quantitative estimate of drug-likeness (QED) is 0.413. The van der Waals surface area contributed by atoms with E-state index in [2.05, 4.69) is 10.0 Å². The van der Waals surface area contributed by atoms with Crippen LogP contribution in [0.1, 0.15) is 30.0 Å². The highest BCUT2D eigenvalue weighted by Crippen LogP contribution is 2.26. The number of likely N-dealkylation sites (tertiary alicyclic amines) is 1. The molecule has 2 atom stereocenters. The van der Waals surface area contributed by atoms with Gasteiger partial charge < -0.3 is 10.2 Å². The van der Waals surface area contributed by atoms with Crippen LogP contribution in [0.3, 0.4) is 0 Å². The number of hydrogen-bond donors (Lipinski definition) is 2. The Kier molecular flexibility index (Phi) is 8.76. The first-order valence-electron chi connectivity index (χ1n) is 12.0. The van der Waals surface area contributed by atoms with Crippen LogP contribution < -0.4 is 10.0 Å². The topological polar surface area (TPSA) is 95.6 Å². The number of nitrogens with zero attached hydrogens (tertiary/aromatic N) is 1. The number of nitrogens with one attached hydrogen (secondary N) is 2. The van der Waals surface area contributed by atoms with Crippen LogP contribution in [0.25, 0.3) is 0 Å². The molecule has 0 radical (unpaired) electrons. The predicted octanol–water partition coefficient (Wildman–Crippen LogP) is 3.99. The number of amides is 2. The second kappa shape index (κ2) is 12.0. The molecule has 0 aliphatic carbocycles. The summed E-state index contributed by atoms with van der Waals surface area (Å²) in [6.45, 7) is 0.553. The number of carbonyl (C=O) groups is 2. The van der Waals surface area contributed by atoms with Crippen molar-refractivity contribution in [3.63, 3.8) is 0 Å². The van der Waals surface area contributed by atoms with Gasteiger partial charge in [-0.15, -0.1) is 0 Å². The molecule has 1 fully saturated rings. The van der Waals surface area contributed by atoms with Gasteiger partial charge in [0.1, 0.15) is 28.6 Å². The van der Waals surface area contributed by atoms with Gasteiger partial charge in [0.05, 0.1) is 0 Å². The van der Waals surface area contributed by atoms with Gasteiger partial charge in [-0.25, -0.2) is 17.2 Å². The van der Waals surface area contributed by atoms with Crippen molar-refractivity contribution in [2.45, 2.75) is 36.2 Å². The van der Waals surface area contributed by atoms with Gasteiger partial charge in [-0.05, 0) is 48.6 Å². The highest BCUT2D eigenvalue weighted by atomic mass is 35.5. The lowest BCUT2D eigenvalue weighted by molar-refractivity contribution is -0.139. The summed E-state index contributed by atoms with van der Waals surface area (Å²) in [4.78, 5) is 27.3. The Labute approximate surface area is 224 Å². The number of benzene rings is 3. The van der Waals surface area contributed by atoms with E-state index in [1.54, 1.807) is 36.4 Å². The Morgan fingerprint density at radius 3 is 2.45 bits per heavy atom. The van der Waals surface area contributed by atoms with E-state index in [0.717, 1.165) is 17.7 Å². The molecule has 2 N–H and O–H groups in total. The van der Waals surface area contributed by atoms with Crippen LogP contribution in [0, 0.1) is 11.6 Å². The molecule has 0 bridgehead atoms. The predicted molar refractivity (Wildman–Crippen MR) is 139 cm³/mol. The lowest BCUT2D eigenvalue weighted by Crippen LogP contribution is -2.50. The van der Waals surface area contributed by atoms with Crippen molar-refractivity contribution in [3.05, 3.63) is 101 Å². The first kappa shape index (κ1) is 27.7. The summed E-state index contributed by atoms with van der Waals surface area (Å²) >= 11 is 6.18. The monoisotopic (exact) mass is 561 g/mol. The largest absolute Gasteiger partial charge is 0.354 e. The van der Waals surface area contributed by atoms with E-state index in [9.17, 15) is 26.8 Å². The molecule has 0 saturated carbocycles. The molecule has 3 aromatic rings. The molecule has 11 heteroatoms. The van der Waals surface area contributed by atoms with Crippen LogP contribution in [0.4, 0.5) is 8.78 Å². The third-order valence-electron chi connectivity index (χ3n) is 6.33. The minimum Gasteiger partial charge on any atom is -0.354 e. The van der Waals surface area contributed by atoms with Crippen molar-refractivity contribution in [2.75, 3.05) is 13.1 Å². The van der Waals surface area contributed by atoms with E-state index in [1.807, 2.05) is 18.2 Å². The third-order valence-corrected chi connectivity index (χ3v) is 8.15. The van der Waals surface area contributed by atoms with E-state index in [4.69, 9.17) is 11.6 Å². The van der Waals surface area contributed by atoms with Gasteiger partial charge in [-0.1, -0.05) is 60.1 Å². The Bertz CT molecular complexity index is 1420. The molecule has 38 heavy (non-hydrogen) atoms. The second-order valence-corrected chi connectivity index (χ2v) is 11.0. The van der Waals surface area contributed by atoms with Crippen LogP contribution in [-0.4, -0.2) is 44.3 Å². The molecule has 3 aromatic carbocycles. The smallest absolute Gasteiger partial charge is 0.245 e. The first-order valence-corrected chi connectivity index (χ1v) is 13.9. The Morgan fingerprint density at radius 2 is 1.74 bits per heavy atom. The summed E-state index contributed by atoms with van der Waals surface area (Å²) in [5.41, 5.74) is 1.19. The maximum atomic E-state index is 14.3. The van der Waals surface area contributed by atoms with Gasteiger partial charge in [-0.3, -0.25) is 9.59 Å².